The third-order valence-electron chi connectivity index (χ3n) is 5.46. The second kappa shape index (κ2) is 7.37. The summed E-state index contributed by atoms with van der Waals surface area (Å²) in [5.41, 5.74) is 3.03. The second-order valence-electron chi connectivity index (χ2n) is 7.66. The van der Waals surface area contributed by atoms with E-state index in [0.717, 1.165) is 71.7 Å². The quantitative estimate of drug-likeness (QED) is 0.523. The van der Waals surface area contributed by atoms with Gasteiger partial charge in [-0.2, -0.15) is 5.10 Å². The lowest BCUT2D eigenvalue weighted by atomic mass is 10.2. The van der Waals surface area contributed by atoms with Gasteiger partial charge in [-0.15, -0.1) is 0 Å². The van der Waals surface area contributed by atoms with Crippen LogP contribution in [-0.2, 0) is 0 Å². The molecule has 30 heavy (non-hydrogen) atoms. The van der Waals surface area contributed by atoms with Crippen molar-refractivity contribution in [2.75, 3.05) is 36.0 Å². The third kappa shape index (κ3) is 3.34. The molecule has 4 aromatic rings. The number of rotatable bonds is 3. The van der Waals surface area contributed by atoms with Crippen LogP contribution < -0.4 is 9.80 Å². The van der Waals surface area contributed by atoms with Crippen LogP contribution in [0.1, 0.15) is 17.2 Å². The molecule has 3 aromatic heterocycles. The van der Waals surface area contributed by atoms with Gasteiger partial charge in [0.25, 0.3) is 0 Å². The fraction of sp³-hybridized carbons (Fsp3) is 0.318. The van der Waals surface area contributed by atoms with Crippen molar-refractivity contribution in [2.45, 2.75) is 20.8 Å². The zero-order chi connectivity index (χ0) is 20.7. The number of hydrogen-bond donors (Lipinski definition) is 0. The van der Waals surface area contributed by atoms with Crippen molar-refractivity contribution in [1.29, 1.82) is 0 Å². The Hall–Kier alpha value is -3.55. The number of anilines is 2. The molecule has 0 spiro atoms. The molecule has 8 nitrogen and oxygen atoms in total. The van der Waals surface area contributed by atoms with E-state index in [1.807, 2.05) is 49.7 Å². The van der Waals surface area contributed by atoms with Gasteiger partial charge in [0.1, 0.15) is 23.8 Å². The molecule has 4 heterocycles. The lowest BCUT2D eigenvalue weighted by molar-refractivity contribution is 0.640. The van der Waals surface area contributed by atoms with E-state index in [1.54, 1.807) is 6.33 Å². The van der Waals surface area contributed by atoms with Crippen molar-refractivity contribution in [3.05, 3.63) is 59.9 Å². The van der Waals surface area contributed by atoms with Gasteiger partial charge in [0.2, 0.25) is 0 Å². The van der Waals surface area contributed by atoms with E-state index in [9.17, 15) is 0 Å². The maximum atomic E-state index is 4.70. The number of fused-ring (bicyclic) bond motifs is 1. The summed E-state index contributed by atoms with van der Waals surface area (Å²) in [7, 11) is 0. The number of hydrogen-bond acceptors (Lipinski definition) is 7. The van der Waals surface area contributed by atoms with Gasteiger partial charge in [0.05, 0.1) is 11.2 Å². The molecule has 8 heteroatoms. The molecule has 1 aliphatic heterocycles. The molecule has 0 bridgehead atoms. The Morgan fingerprint density at radius 1 is 0.800 bits per heavy atom. The van der Waals surface area contributed by atoms with Crippen molar-refractivity contribution in [3.8, 4) is 5.82 Å². The SMILES string of the molecule is Cc1cc(C)n(-c2cc(N3CCN(c4ncnc5ccccc45)CC3)nc(C)n2)n1. The number of nitrogens with zero attached hydrogens (tertiary/aromatic N) is 8. The molecule has 0 atom stereocenters. The highest BCUT2D eigenvalue weighted by molar-refractivity contribution is 5.89. The van der Waals surface area contributed by atoms with Crippen LogP contribution in [0.5, 0.6) is 0 Å². The standard InChI is InChI=1S/C22H24N8/c1-15-12-16(2)30(27-15)21-13-20(25-17(3)26-21)28-8-10-29(11-9-28)22-18-6-4-5-7-19(18)23-14-24-22/h4-7,12-14H,8-11H2,1-3H3. The average Bonchev–Trinajstić information content (AvgIpc) is 3.11. The smallest absolute Gasteiger partial charge is 0.159 e. The number of para-hydroxylation sites is 1. The van der Waals surface area contributed by atoms with E-state index < -0.39 is 0 Å². The Balaban J connectivity index is 1.39. The minimum absolute atomic E-state index is 0.749. The van der Waals surface area contributed by atoms with Gasteiger partial charge in [-0.1, -0.05) is 12.1 Å². The Morgan fingerprint density at radius 2 is 1.53 bits per heavy atom. The number of benzene rings is 1. The van der Waals surface area contributed by atoms with Crippen LogP contribution in [0.3, 0.4) is 0 Å². The van der Waals surface area contributed by atoms with Crippen LogP contribution in [0.4, 0.5) is 11.6 Å². The van der Waals surface area contributed by atoms with Gasteiger partial charge < -0.3 is 9.80 Å². The molecule has 0 aliphatic carbocycles. The molecule has 0 radical (unpaired) electrons. The van der Waals surface area contributed by atoms with Crippen LogP contribution in [0.15, 0.2) is 42.7 Å². The number of aryl methyl sites for hydroxylation is 3. The van der Waals surface area contributed by atoms with Gasteiger partial charge in [-0.3, -0.25) is 0 Å². The first-order chi connectivity index (χ1) is 14.6. The Morgan fingerprint density at radius 3 is 2.30 bits per heavy atom. The predicted octanol–water partition coefficient (Wildman–Crippen LogP) is 2.86. The van der Waals surface area contributed by atoms with Crippen molar-refractivity contribution >= 4 is 22.5 Å². The van der Waals surface area contributed by atoms with Gasteiger partial charge >= 0.3 is 0 Å². The van der Waals surface area contributed by atoms with Gasteiger partial charge in [0.15, 0.2) is 5.82 Å². The first-order valence-corrected chi connectivity index (χ1v) is 10.2. The van der Waals surface area contributed by atoms with Crippen LogP contribution in [0.25, 0.3) is 16.7 Å². The predicted molar refractivity (Wildman–Crippen MR) is 117 cm³/mol. The minimum atomic E-state index is 0.749. The fourth-order valence-corrected chi connectivity index (χ4v) is 4.06. The van der Waals surface area contributed by atoms with Crippen molar-refractivity contribution in [2.24, 2.45) is 0 Å². The number of aromatic nitrogens is 6. The molecule has 1 aromatic carbocycles. The molecule has 0 unspecified atom stereocenters. The summed E-state index contributed by atoms with van der Waals surface area (Å²) in [5.74, 6) is 3.51. The highest BCUT2D eigenvalue weighted by Crippen LogP contribution is 2.25. The number of piperazine rings is 1. The van der Waals surface area contributed by atoms with Crippen LogP contribution in [-0.4, -0.2) is 55.9 Å². The normalized spacial score (nSPS) is 14.5. The van der Waals surface area contributed by atoms with Crippen LogP contribution in [0, 0.1) is 20.8 Å². The summed E-state index contributed by atoms with van der Waals surface area (Å²) in [6, 6.07) is 12.3. The van der Waals surface area contributed by atoms with Gasteiger partial charge in [-0.05, 0) is 39.0 Å². The topological polar surface area (TPSA) is 75.9 Å². The first-order valence-electron chi connectivity index (χ1n) is 10.2. The average molecular weight is 400 g/mol. The van der Waals surface area contributed by atoms with E-state index in [-0.39, 0.29) is 0 Å². The van der Waals surface area contributed by atoms with Gasteiger partial charge in [-0.25, -0.2) is 24.6 Å². The Kier molecular flexibility index (Phi) is 4.54. The highest BCUT2D eigenvalue weighted by Gasteiger charge is 2.22. The van der Waals surface area contributed by atoms with E-state index >= 15 is 0 Å². The van der Waals surface area contributed by atoms with E-state index in [0.29, 0.717) is 0 Å². The maximum absolute atomic E-state index is 4.70. The molecule has 0 saturated carbocycles. The highest BCUT2D eigenvalue weighted by atomic mass is 15.3. The second-order valence-corrected chi connectivity index (χ2v) is 7.66. The van der Waals surface area contributed by atoms with Crippen molar-refractivity contribution < 1.29 is 0 Å². The molecule has 5 rings (SSSR count). The van der Waals surface area contributed by atoms with E-state index in [1.165, 1.54) is 0 Å². The molecule has 152 valence electrons. The summed E-state index contributed by atoms with van der Waals surface area (Å²) in [6.45, 7) is 9.45. The zero-order valence-electron chi connectivity index (χ0n) is 17.4. The van der Waals surface area contributed by atoms with E-state index in [4.69, 9.17) is 4.98 Å². The maximum Gasteiger partial charge on any atom is 0.159 e. The Bertz CT molecular complexity index is 1200. The molecule has 0 N–H and O–H groups in total. The summed E-state index contributed by atoms with van der Waals surface area (Å²) in [6.07, 6.45) is 1.65. The first kappa shape index (κ1) is 18.5. The molecule has 0 amide bonds. The van der Waals surface area contributed by atoms with Crippen LogP contribution >= 0.6 is 0 Å². The lowest BCUT2D eigenvalue weighted by Gasteiger charge is -2.36. The molecule has 1 saturated heterocycles. The minimum Gasteiger partial charge on any atom is -0.353 e. The van der Waals surface area contributed by atoms with E-state index in [2.05, 4.69) is 42.0 Å². The zero-order valence-corrected chi connectivity index (χ0v) is 17.4. The molecular weight excluding hydrogens is 376 g/mol. The third-order valence-corrected chi connectivity index (χ3v) is 5.46. The lowest BCUT2D eigenvalue weighted by Crippen LogP contribution is -2.47. The van der Waals surface area contributed by atoms with Gasteiger partial charge in [0, 0.05) is 43.3 Å². The summed E-state index contributed by atoms with van der Waals surface area (Å²) >= 11 is 0. The summed E-state index contributed by atoms with van der Waals surface area (Å²) in [5, 5.41) is 5.67. The van der Waals surface area contributed by atoms with Crippen molar-refractivity contribution in [1.82, 2.24) is 29.7 Å². The Labute approximate surface area is 175 Å². The summed E-state index contributed by atoms with van der Waals surface area (Å²) < 4.78 is 1.89. The summed E-state index contributed by atoms with van der Waals surface area (Å²) in [4.78, 5) is 22.9. The molecular formula is C22H24N8. The largest absolute Gasteiger partial charge is 0.353 e. The fourth-order valence-electron chi connectivity index (χ4n) is 4.06. The molecule has 1 aliphatic rings. The molecule has 1 fully saturated rings. The van der Waals surface area contributed by atoms with Crippen LogP contribution in [0.2, 0.25) is 0 Å². The monoisotopic (exact) mass is 400 g/mol. The van der Waals surface area contributed by atoms with Crippen molar-refractivity contribution in [3.63, 3.8) is 0 Å².